The molecule has 0 aliphatic heterocycles. The van der Waals surface area contributed by atoms with Crippen molar-refractivity contribution in [2.24, 2.45) is 5.92 Å². The van der Waals surface area contributed by atoms with E-state index in [0.717, 1.165) is 12.8 Å². The number of nitrogens with one attached hydrogen (secondary N) is 1. The van der Waals surface area contributed by atoms with E-state index in [1.54, 1.807) is 13.0 Å². The molecule has 0 spiro atoms. The van der Waals surface area contributed by atoms with E-state index in [1.807, 2.05) is 0 Å². The van der Waals surface area contributed by atoms with Crippen LogP contribution in [-0.4, -0.2) is 23.3 Å². The lowest BCUT2D eigenvalue weighted by molar-refractivity contribution is -0.384. The van der Waals surface area contributed by atoms with Crippen molar-refractivity contribution >= 4 is 23.2 Å². The Morgan fingerprint density at radius 1 is 1.45 bits per heavy atom. The van der Waals surface area contributed by atoms with Gasteiger partial charge in [0.25, 0.3) is 11.6 Å². The van der Waals surface area contributed by atoms with Gasteiger partial charge in [0.05, 0.1) is 4.92 Å². The summed E-state index contributed by atoms with van der Waals surface area (Å²) in [4.78, 5) is 22.2. The highest BCUT2D eigenvalue weighted by Crippen LogP contribution is 2.16. The molecule has 0 aromatic heterocycles. The van der Waals surface area contributed by atoms with Gasteiger partial charge in [-0.25, -0.2) is 0 Å². The quantitative estimate of drug-likeness (QED) is 0.363. The number of hydrogen-bond donors (Lipinski definition) is 1. The summed E-state index contributed by atoms with van der Waals surface area (Å²) in [5, 5.41) is 13.5. The summed E-state index contributed by atoms with van der Waals surface area (Å²) in [5.74, 6) is 0.752. The van der Waals surface area contributed by atoms with Crippen LogP contribution in [0.15, 0.2) is 18.2 Å². The van der Waals surface area contributed by atoms with Gasteiger partial charge >= 0.3 is 0 Å². The Hall–Kier alpha value is -1.62. The fraction of sp³-hybridized carbons (Fsp3) is 0.500. The van der Waals surface area contributed by atoms with E-state index in [4.69, 9.17) is 11.6 Å². The molecule has 0 aliphatic rings. The number of nitro groups is 1. The van der Waals surface area contributed by atoms with Gasteiger partial charge < -0.3 is 5.32 Å². The number of carbonyl (C=O) groups excluding carboxylic acids is 1. The standard InChI is InChI=1S/C14H19ClN2O3/c1-10(9-15)4-3-5-16-14(18)12-6-11(2)7-13(8-12)17(19)20/h6-8,10H,3-5,9H2,1-2H3,(H,16,18). The van der Waals surface area contributed by atoms with Crippen molar-refractivity contribution in [3.63, 3.8) is 0 Å². The number of amides is 1. The van der Waals surface area contributed by atoms with E-state index in [-0.39, 0.29) is 11.6 Å². The highest BCUT2D eigenvalue weighted by atomic mass is 35.5. The van der Waals surface area contributed by atoms with Crippen molar-refractivity contribution in [1.82, 2.24) is 5.32 Å². The third-order valence-corrected chi connectivity index (χ3v) is 3.48. The normalized spacial score (nSPS) is 11.9. The molecule has 1 atom stereocenters. The van der Waals surface area contributed by atoms with Crippen molar-refractivity contribution in [2.75, 3.05) is 12.4 Å². The number of halogens is 1. The molecule has 0 bridgehead atoms. The van der Waals surface area contributed by atoms with Gasteiger partial charge in [0, 0.05) is 30.1 Å². The minimum Gasteiger partial charge on any atom is -0.352 e. The Labute approximate surface area is 123 Å². The molecular weight excluding hydrogens is 280 g/mol. The van der Waals surface area contributed by atoms with Gasteiger partial charge in [-0.15, -0.1) is 11.6 Å². The van der Waals surface area contributed by atoms with Gasteiger partial charge in [-0.05, 0) is 37.3 Å². The molecule has 6 heteroatoms. The monoisotopic (exact) mass is 298 g/mol. The molecule has 0 saturated carbocycles. The number of nitrogens with zero attached hydrogens (tertiary/aromatic N) is 1. The molecule has 110 valence electrons. The zero-order chi connectivity index (χ0) is 15.1. The largest absolute Gasteiger partial charge is 0.352 e. The number of aryl methyl sites for hydroxylation is 1. The average molecular weight is 299 g/mol. The first-order valence-electron chi connectivity index (χ1n) is 6.54. The number of nitro benzene ring substituents is 1. The molecule has 1 amide bonds. The van der Waals surface area contributed by atoms with Crippen LogP contribution in [-0.2, 0) is 0 Å². The van der Waals surface area contributed by atoms with E-state index in [2.05, 4.69) is 12.2 Å². The lowest BCUT2D eigenvalue weighted by atomic mass is 10.1. The fourth-order valence-corrected chi connectivity index (χ4v) is 1.99. The molecular formula is C14H19ClN2O3. The minimum atomic E-state index is -0.494. The van der Waals surface area contributed by atoms with Crippen LogP contribution < -0.4 is 5.32 Å². The second-order valence-corrected chi connectivity index (χ2v) is 5.28. The van der Waals surface area contributed by atoms with Crippen molar-refractivity contribution in [3.05, 3.63) is 39.4 Å². The van der Waals surface area contributed by atoms with E-state index < -0.39 is 4.92 Å². The van der Waals surface area contributed by atoms with Crippen LogP contribution in [0.1, 0.15) is 35.7 Å². The predicted molar refractivity (Wildman–Crippen MR) is 79.3 cm³/mol. The predicted octanol–water partition coefficient (Wildman–Crippen LogP) is 3.29. The highest BCUT2D eigenvalue weighted by molar-refractivity contribution is 6.18. The zero-order valence-electron chi connectivity index (χ0n) is 11.7. The minimum absolute atomic E-state index is 0.0640. The molecule has 1 aromatic rings. The Kier molecular flexibility index (Phi) is 6.45. The first kappa shape index (κ1) is 16.4. The zero-order valence-corrected chi connectivity index (χ0v) is 12.4. The Morgan fingerprint density at radius 2 is 2.15 bits per heavy atom. The fourth-order valence-electron chi connectivity index (χ4n) is 1.83. The lowest BCUT2D eigenvalue weighted by Crippen LogP contribution is -2.25. The highest BCUT2D eigenvalue weighted by Gasteiger charge is 2.13. The van der Waals surface area contributed by atoms with E-state index >= 15 is 0 Å². The number of non-ortho nitro benzene ring substituents is 1. The van der Waals surface area contributed by atoms with Crippen molar-refractivity contribution in [2.45, 2.75) is 26.7 Å². The molecule has 0 heterocycles. The summed E-state index contributed by atoms with van der Waals surface area (Å²) >= 11 is 5.70. The van der Waals surface area contributed by atoms with Crippen molar-refractivity contribution < 1.29 is 9.72 Å². The Morgan fingerprint density at radius 3 is 2.75 bits per heavy atom. The average Bonchev–Trinajstić information content (AvgIpc) is 2.42. The van der Waals surface area contributed by atoms with Gasteiger partial charge in [-0.2, -0.15) is 0 Å². The third-order valence-electron chi connectivity index (χ3n) is 2.96. The molecule has 0 aliphatic carbocycles. The maximum Gasteiger partial charge on any atom is 0.270 e. The van der Waals surface area contributed by atoms with Gasteiger partial charge in [0.2, 0.25) is 0 Å². The van der Waals surface area contributed by atoms with Crippen LogP contribution in [0, 0.1) is 23.0 Å². The van der Waals surface area contributed by atoms with Crippen molar-refractivity contribution in [1.29, 1.82) is 0 Å². The van der Waals surface area contributed by atoms with E-state index in [9.17, 15) is 14.9 Å². The molecule has 1 aromatic carbocycles. The topological polar surface area (TPSA) is 72.2 Å². The summed E-state index contributed by atoms with van der Waals surface area (Å²) in [7, 11) is 0. The first-order valence-corrected chi connectivity index (χ1v) is 7.07. The second kappa shape index (κ2) is 7.85. The Bertz CT molecular complexity index is 491. The molecule has 20 heavy (non-hydrogen) atoms. The number of hydrogen-bond acceptors (Lipinski definition) is 3. The van der Waals surface area contributed by atoms with Crippen LogP contribution in [0.2, 0.25) is 0 Å². The second-order valence-electron chi connectivity index (χ2n) is 4.97. The summed E-state index contributed by atoms with van der Waals surface area (Å²) in [6.45, 7) is 4.33. The van der Waals surface area contributed by atoms with Crippen LogP contribution in [0.25, 0.3) is 0 Å². The maximum atomic E-state index is 11.9. The molecule has 5 nitrogen and oxygen atoms in total. The molecule has 1 N–H and O–H groups in total. The molecule has 0 saturated heterocycles. The summed E-state index contributed by atoms with van der Waals surface area (Å²) < 4.78 is 0. The van der Waals surface area contributed by atoms with Crippen LogP contribution in [0.3, 0.4) is 0 Å². The summed E-state index contributed by atoms with van der Waals surface area (Å²) in [6.07, 6.45) is 1.78. The molecule has 1 rings (SSSR count). The SMILES string of the molecule is Cc1cc(C(=O)NCCCC(C)CCl)cc([N+](=O)[O-])c1. The first-order chi connectivity index (χ1) is 9.43. The van der Waals surface area contributed by atoms with Gasteiger partial charge in [0.1, 0.15) is 0 Å². The van der Waals surface area contributed by atoms with Crippen LogP contribution in [0.4, 0.5) is 5.69 Å². The maximum absolute atomic E-state index is 11.9. The summed E-state index contributed by atoms with van der Waals surface area (Å²) in [5.41, 5.74) is 0.952. The number of rotatable bonds is 7. The summed E-state index contributed by atoms with van der Waals surface area (Å²) in [6, 6.07) is 4.38. The molecule has 0 radical (unpaired) electrons. The van der Waals surface area contributed by atoms with E-state index in [1.165, 1.54) is 12.1 Å². The van der Waals surface area contributed by atoms with Crippen LogP contribution in [0.5, 0.6) is 0 Å². The Balaban J connectivity index is 2.57. The molecule has 1 unspecified atom stereocenters. The number of carbonyl (C=O) groups is 1. The number of alkyl halides is 1. The van der Waals surface area contributed by atoms with Gasteiger partial charge in [-0.3, -0.25) is 14.9 Å². The van der Waals surface area contributed by atoms with Gasteiger partial charge in [-0.1, -0.05) is 6.92 Å². The van der Waals surface area contributed by atoms with Crippen LogP contribution >= 0.6 is 11.6 Å². The number of benzene rings is 1. The smallest absolute Gasteiger partial charge is 0.270 e. The van der Waals surface area contributed by atoms with Gasteiger partial charge in [0.15, 0.2) is 0 Å². The van der Waals surface area contributed by atoms with Crippen molar-refractivity contribution in [3.8, 4) is 0 Å². The third kappa shape index (κ3) is 5.17. The lowest BCUT2D eigenvalue weighted by Gasteiger charge is -2.08. The molecule has 0 fully saturated rings. The van der Waals surface area contributed by atoms with E-state index in [0.29, 0.717) is 29.5 Å².